The van der Waals surface area contributed by atoms with Crippen molar-refractivity contribution in [2.75, 3.05) is 18.4 Å². The Kier molecular flexibility index (Phi) is 5.88. The minimum absolute atomic E-state index is 0.00575. The zero-order valence-corrected chi connectivity index (χ0v) is 17.4. The molecule has 1 aliphatic heterocycles. The zero-order chi connectivity index (χ0) is 22.1. The lowest BCUT2D eigenvalue weighted by Gasteiger charge is -2.26. The predicted octanol–water partition coefficient (Wildman–Crippen LogP) is 4.22. The molecule has 2 aromatic carbocycles. The third-order valence-electron chi connectivity index (χ3n) is 5.39. The quantitative estimate of drug-likeness (QED) is 0.548. The van der Waals surface area contributed by atoms with Gasteiger partial charge in [-0.15, -0.1) is 11.3 Å². The van der Waals surface area contributed by atoms with Crippen molar-refractivity contribution < 1.29 is 23.5 Å². The van der Waals surface area contributed by atoms with E-state index < -0.39 is 29.2 Å². The van der Waals surface area contributed by atoms with Crippen molar-refractivity contribution in [2.45, 2.75) is 25.8 Å². The summed E-state index contributed by atoms with van der Waals surface area (Å²) in [6, 6.07) is 7.93. The van der Waals surface area contributed by atoms with E-state index in [2.05, 4.69) is 10.2 Å². The minimum Gasteiger partial charge on any atom is -0.503 e. The van der Waals surface area contributed by atoms with E-state index in [1.54, 1.807) is 12.1 Å². The number of hydrogen-bond donors (Lipinski definition) is 3. The molecule has 0 bridgehead atoms. The number of thiophene rings is 1. The van der Waals surface area contributed by atoms with E-state index >= 15 is 0 Å². The minimum atomic E-state index is -1.22. The van der Waals surface area contributed by atoms with Gasteiger partial charge >= 0.3 is 0 Å². The molecule has 9 heteroatoms. The number of benzene rings is 2. The van der Waals surface area contributed by atoms with E-state index in [0.29, 0.717) is 16.9 Å². The Hall–Kier alpha value is -3.04. The van der Waals surface area contributed by atoms with Crippen LogP contribution in [0.3, 0.4) is 0 Å². The lowest BCUT2D eigenvalue weighted by Crippen LogP contribution is -2.29. The van der Waals surface area contributed by atoms with Crippen LogP contribution in [-0.2, 0) is 6.54 Å². The van der Waals surface area contributed by atoms with Gasteiger partial charge in [-0.3, -0.25) is 14.5 Å². The van der Waals surface area contributed by atoms with Gasteiger partial charge in [-0.05, 0) is 49.7 Å². The maximum absolute atomic E-state index is 14.3. The number of phenols is 1. The van der Waals surface area contributed by atoms with Crippen molar-refractivity contribution in [1.82, 2.24) is 4.90 Å². The fourth-order valence-corrected chi connectivity index (χ4v) is 4.91. The maximum Gasteiger partial charge on any atom is 0.256 e. The first-order valence-electron chi connectivity index (χ1n) is 9.91. The van der Waals surface area contributed by atoms with Crippen molar-refractivity contribution in [3.8, 4) is 5.75 Å². The first-order valence-corrected chi connectivity index (χ1v) is 10.7. The molecule has 0 atom stereocenters. The van der Waals surface area contributed by atoms with Gasteiger partial charge in [0.2, 0.25) is 0 Å². The van der Waals surface area contributed by atoms with Crippen LogP contribution < -0.4 is 11.1 Å². The zero-order valence-electron chi connectivity index (χ0n) is 16.6. The largest absolute Gasteiger partial charge is 0.503 e. The van der Waals surface area contributed by atoms with Crippen molar-refractivity contribution in [3.63, 3.8) is 0 Å². The number of hydrogen-bond acceptors (Lipinski definition) is 5. The SMILES string of the molecule is NC(=O)c1c(NC(=O)c2ccc(CN3CCCCC3)cc2)sc2c(F)c(O)c(F)cc12. The Bertz CT molecular complexity index is 1160. The number of nitrogens with two attached hydrogens (primary N) is 1. The summed E-state index contributed by atoms with van der Waals surface area (Å²) in [6.07, 6.45) is 3.65. The summed E-state index contributed by atoms with van der Waals surface area (Å²) in [7, 11) is 0. The molecule has 1 fully saturated rings. The van der Waals surface area contributed by atoms with Crippen LogP contribution in [0.1, 0.15) is 45.5 Å². The smallest absolute Gasteiger partial charge is 0.256 e. The number of nitrogens with one attached hydrogen (secondary N) is 1. The van der Waals surface area contributed by atoms with Crippen LogP contribution in [0.2, 0.25) is 0 Å². The van der Waals surface area contributed by atoms with Crippen molar-refractivity contribution >= 4 is 38.2 Å². The first-order chi connectivity index (χ1) is 14.8. The van der Waals surface area contributed by atoms with Gasteiger partial charge in [0.15, 0.2) is 17.4 Å². The number of carbonyl (C=O) groups is 2. The standard InChI is InChI=1S/C22H21F2N3O3S/c23-15-10-14-16(20(25)29)22(31-19(14)17(24)18(15)28)26-21(30)13-6-4-12(5-7-13)11-27-8-2-1-3-9-27/h4-7,10,28H,1-3,8-9,11H2,(H2,25,29)(H,26,30). The third kappa shape index (κ3) is 4.24. The highest BCUT2D eigenvalue weighted by Crippen LogP contribution is 2.41. The highest BCUT2D eigenvalue weighted by atomic mass is 32.1. The molecule has 162 valence electrons. The molecule has 1 aliphatic rings. The topological polar surface area (TPSA) is 95.7 Å². The monoisotopic (exact) mass is 445 g/mol. The number of piperidine rings is 1. The molecule has 31 heavy (non-hydrogen) atoms. The second-order valence-corrected chi connectivity index (χ2v) is 8.58. The normalized spacial score (nSPS) is 14.6. The molecule has 4 N–H and O–H groups in total. The maximum atomic E-state index is 14.3. The Labute approximate surface area is 181 Å². The van der Waals surface area contributed by atoms with Gasteiger partial charge in [0.05, 0.1) is 10.3 Å². The number of halogens is 2. The van der Waals surface area contributed by atoms with E-state index in [1.165, 1.54) is 19.3 Å². The number of anilines is 1. The number of phenolic OH excluding ortho intramolecular Hbond substituents is 1. The molecule has 0 radical (unpaired) electrons. The predicted molar refractivity (Wildman–Crippen MR) is 115 cm³/mol. The molecule has 0 aliphatic carbocycles. The molecular formula is C22H21F2N3O3S. The van der Waals surface area contributed by atoms with Gasteiger partial charge in [0.25, 0.3) is 11.8 Å². The molecule has 6 nitrogen and oxygen atoms in total. The lowest BCUT2D eigenvalue weighted by atomic mass is 10.1. The number of likely N-dealkylation sites (tertiary alicyclic amines) is 1. The molecule has 3 aromatic rings. The van der Waals surface area contributed by atoms with Crippen molar-refractivity contribution in [1.29, 1.82) is 0 Å². The highest BCUT2D eigenvalue weighted by molar-refractivity contribution is 7.23. The van der Waals surface area contributed by atoms with E-state index in [9.17, 15) is 23.5 Å². The van der Waals surface area contributed by atoms with E-state index in [-0.39, 0.29) is 20.7 Å². The number of amides is 2. The Balaban J connectivity index is 1.57. The van der Waals surface area contributed by atoms with Crippen LogP contribution in [0, 0.1) is 11.6 Å². The van der Waals surface area contributed by atoms with Crippen LogP contribution in [0.25, 0.3) is 10.1 Å². The third-order valence-corrected chi connectivity index (χ3v) is 6.51. The summed E-state index contributed by atoms with van der Waals surface area (Å²) in [5, 5.41) is 12.0. The number of aromatic hydroxyl groups is 1. The van der Waals surface area contributed by atoms with Crippen LogP contribution in [0.4, 0.5) is 13.8 Å². The Morgan fingerprint density at radius 3 is 2.45 bits per heavy atom. The Morgan fingerprint density at radius 2 is 1.81 bits per heavy atom. The summed E-state index contributed by atoms with van der Waals surface area (Å²) in [4.78, 5) is 27.0. The molecule has 2 amide bonds. The fourth-order valence-electron chi connectivity index (χ4n) is 3.80. The summed E-state index contributed by atoms with van der Waals surface area (Å²) in [5.74, 6) is -5.02. The fraction of sp³-hybridized carbons (Fsp3) is 0.273. The lowest BCUT2D eigenvalue weighted by molar-refractivity contribution is 0.100. The van der Waals surface area contributed by atoms with E-state index in [4.69, 9.17) is 5.73 Å². The van der Waals surface area contributed by atoms with Gasteiger partial charge in [-0.2, -0.15) is 0 Å². The molecule has 0 unspecified atom stereocenters. The van der Waals surface area contributed by atoms with Crippen LogP contribution in [0.15, 0.2) is 30.3 Å². The first kappa shape index (κ1) is 21.2. The van der Waals surface area contributed by atoms with Gasteiger partial charge in [0.1, 0.15) is 5.00 Å². The number of carbonyl (C=O) groups excluding carboxylic acids is 2. The average molecular weight is 445 g/mol. The number of nitrogens with zero attached hydrogens (tertiary/aromatic N) is 1. The summed E-state index contributed by atoms with van der Waals surface area (Å²) < 4.78 is 27.9. The second kappa shape index (κ2) is 8.60. The molecule has 2 heterocycles. The van der Waals surface area contributed by atoms with Crippen LogP contribution in [-0.4, -0.2) is 34.9 Å². The second-order valence-electron chi connectivity index (χ2n) is 7.56. The number of primary amides is 1. The molecule has 4 rings (SSSR count). The highest BCUT2D eigenvalue weighted by Gasteiger charge is 2.24. The average Bonchev–Trinajstić information content (AvgIpc) is 3.11. The number of rotatable bonds is 5. The van der Waals surface area contributed by atoms with E-state index in [0.717, 1.165) is 31.3 Å². The molecule has 1 aromatic heterocycles. The summed E-state index contributed by atoms with van der Waals surface area (Å²) in [5.41, 5.74) is 6.63. The van der Waals surface area contributed by atoms with Crippen LogP contribution >= 0.6 is 11.3 Å². The molecule has 1 saturated heterocycles. The number of fused-ring (bicyclic) bond motifs is 1. The van der Waals surface area contributed by atoms with Gasteiger partial charge < -0.3 is 16.2 Å². The molecule has 0 spiro atoms. The Morgan fingerprint density at radius 1 is 1.13 bits per heavy atom. The van der Waals surface area contributed by atoms with Gasteiger partial charge in [0, 0.05) is 17.5 Å². The summed E-state index contributed by atoms with van der Waals surface area (Å²) in [6.45, 7) is 2.95. The van der Waals surface area contributed by atoms with Gasteiger partial charge in [-0.1, -0.05) is 18.6 Å². The van der Waals surface area contributed by atoms with Crippen LogP contribution in [0.5, 0.6) is 5.75 Å². The van der Waals surface area contributed by atoms with Gasteiger partial charge in [-0.25, -0.2) is 8.78 Å². The van der Waals surface area contributed by atoms with Crippen molar-refractivity contribution in [3.05, 3.63) is 58.7 Å². The molecule has 0 saturated carbocycles. The molecular weight excluding hydrogens is 424 g/mol. The van der Waals surface area contributed by atoms with Crippen molar-refractivity contribution in [2.24, 2.45) is 5.73 Å². The van der Waals surface area contributed by atoms with E-state index in [1.807, 2.05) is 12.1 Å². The summed E-state index contributed by atoms with van der Waals surface area (Å²) >= 11 is 0.710.